The normalized spacial score (nSPS) is 17.0. The number of pyridine rings is 1. The molecule has 5 aromatic rings. The van der Waals surface area contributed by atoms with Crippen LogP contribution in [-0.4, -0.2) is 26.9 Å². The fraction of sp³-hybridized carbons (Fsp3) is 0.270. The maximum Gasteiger partial charge on any atom is 0.343 e. The van der Waals surface area contributed by atoms with Gasteiger partial charge >= 0.3 is 5.97 Å². The molecule has 0 amide bonds. The van der Waals surface area contributed by atoms with Crippen LogP contribution in [0.5, 0.6) is 11.5 Å². The number of hydrogen-bond acceptors (Lipinski definition) is 6. The maximum absolute atomic E-state index is 13.6. The van der Waals surface area contributed by atoms with Crippen LogP contribution in [0.25, 0.3) is 21.7 Å². The van der Waals surface area contributed by atoms with Crippen LogP contribution in [0.15, 0.2) is 78.9 Å². The number of nitrogens with zero attached hydrogens (tertiary/aromatic N) is 1. The monoisotopic (exact) mass is 573 g/mol. The molecule has 43 heavy (non-hydrogen) atoms. The number of esters is 1. The molecule has 1 aromatic heterocycles. The van der Waals surface area contributed by atoms with Crippen molar-refractivity contribution in [2.45, 2.75) is 64.4 Å². The van der Waals surface area contributed by atoms with E-state index in [1.807, 2.05) is 84.0 Å². The minimum Gasteiger partial charge on any atom is -0.507 e. The van der Waals surface area contributed by atoms with Crippen LogP contribution in [-0.2, 0) is 10.8 Å². The van der Waals surface area contributed by atoms with Gasteiger partial charge in [-0.1, -0.05) is 96.1 Å². The maximum atomic E-state index is 13.6. The summed E-state index contributed by atoms with van der Waals surface area (Å²) in [5, 5.41) is 25.1. The number of hydrogen-bond donors (Lipinski definition) is 2. The summed E-state index contributed by atoms with van der Waals surface area (Å²) in [6.45, 7) is 11.9. The number of Topliss-reactive ketones (excluding diaryl/α,β-unsaturated/α-hetero) is 1. The molecule has 0 saturated carbocycles. The van der Waals surface area contributed by atoms with E-state index in [0.29, 0.717) is 39.0 Å². The van der Waals surface area contributed by atoms with Crippen molar-refractivity contribution >= 4 is 33.4 Å². The molecule has 4 aromatic carbocycles. The van der Waals surface area contributed by atoms with Gasteiger partial charge in [0.2, 0.25) is 0 Å². The summed E-state index contributed by atoms with van der Waals surface area (Å²) in [6.07, 6.45) is -1.06. The van der Waals surface area contributed by atoms with Crippen LogP contribution in [0.4, 0.5) is 0 Å². The number of ether oxygens (including phenoxy) is 1. The molecule has 0 aliphatic heterocycles. The minimum atomic E-state index is -1.06. The second-order valence-corrected chi connectivity index (χ2v) is 13.4. The summed E-state index contributed by atoms with van der Waals surface area (Å²) in [4.78, 5) is 32.0. The lowest BCUT2D eigenvalue weighted by Gasteiger charge is -2.28. The summed E-state index contributed by atoms with van der Waals surface area (Å²) in [7, 11) is 0. The summed E-state index contributed by atoms with van der Waals surface area (Å²) in [5.74, 6) is -1.22. The third-order valence-electron chi connectivity index (χ3n) is 8.32. The van der Waals surface area contributed by atoms with Crippen molar-refractivity contribution < 1.29 is 24.5 Å². The molecule has 1 aliphatic carbocycles. The molecular formula is C37H35NO5. The fourth-order valence-corrected chi connectivity index (χ4v) is 6.05. The molecule has 0 spiro atoms. The SMILES string of the molecule is CC(C)(C)c1cc(C(=O)Oc2cccc3ccc(C4C(=O)c5ccc6ccccc6c5C4O)nc23)cc(C(C)(C)C)c1O. The van der Waals surface area contributed by atoms with Gasteiger partial charge in [-0.3, -0.25) is 4.79 Å². The zero-order chi connectivity index (χ0) is 30.8. The average Bonchev–Trinajstić information content (AvgIpc) is 3.21. The van der Waals surface area contributed by atoms with Crippen LogP contribution in [0.3, 0.4) is 0 Å². The molecular weight excluding hydrogens is 538 g/mol. The number of fused-ring (bicyclic) bond motifs is 4. The Balaban J connectivity index is 1.40. The lowest BCUT2D eigenvalue weighted by atomic mass is 9.78. The van der Waals surface area contributed by atoms with Gasteiger partial charge in [0.05, 0.1) is 23.3 Å². The number of para-hydroxylation sites is 1. The first-order chi connectivity index (χ1) is 20.3. The van der Waals surface area contributed by atoms with E-state index in [-0.39, 0.29) is 17.3 Å². The van der Waals surface area contributed by atoms with Crippen molar-refractivity contribution in [1.82, 2.24) is 4.98 Å². The Morgan fingerprint density at radius 1 is 0.814 bits per heavy atom. The number of carbonyl (C=O) groups is 2. The van der Waals surface area contributed by atoms with Crippen LogP contribution < -0.4 is 4.74 Å². The molecule has 0 radical (unpaired) electrons. The van der Waals surface area contributed by atoms with E-state index in [1.165, 1.54) is 0 Å². The molecule has 218 valence electrons. The Hall–Kier alpha value is -4.55. The van der Waals surface area contributed by atoms with E-state index in [4.69, 9.17) is 9.72 Å². The highest BCUT2D eigenvalue weighted by Crippen LogP contribution is 2.45. The second kappa shape index (κ2) is 10.0. The number of benzene rings is 4. The number of aliphatic hydroxyl groups is 1. The van der Waals surface area contributed by atoms with E-state index < -0.39 is 28.8 Å². The van der Waals surface area contributed by atoms with Crippen molar-refractivity contribution in [3.05, 3.63) is 112 Å². The second-order valence-electron chi connectivity index (χ2n) is 13.4. The zero-order valence-electron chi connectivity index (χ0n) is 25.2. The smallest absolute Gasteiger partial charge is 0.343 e. The van der Waals surface area contributed by atoms with Gasteiger partial charge in [-0.15, -0.1) is 0 Å². The molecule has 2 N–H and O–H groups in total. The number of phenols is 1. The lowest BCUT2D eigenvalue weighted by Crippen LogP contribution is -2.20. The summed E-state index contributed by atoms with van der Waals surface area (Å²) < 4.78 is 5.95. The van der Waals surface area contributed by atoms with Crippen LogP contribution in [0.1, 0.15) is 96.7 Å². The molecule has 0 saturated heterocycles. The van der Waals surface area contributed by atoms with Gasteiger partial charge in [0.15, 0.2) is 11.5 Å². The van der Waals surface area contributed by atoms with E-state index >= 15 is 0 Å². The summed E-state index contributed by atoms with van der Waals surface area (Å²) in [6, 6.07) is 23.6. The summed E-state index contributed by atoms with van der Waals surface area (Å²) >= 11 is 0. The topological polar surface area (TPSA) is 96.7 Å². The molecule has 0 bridgehead atoms. The molecule has 1 aliphatic rings. The number of aliphatic hydroxyl groups excluding tert-OH is 1. The predicted molar refractivity (Wildman–Crippen MR) is 168 cm³/mol. The molecule has 1 heterocycles. The van der Waals surface area contributed by atoms with Gasteiger partial charge in [-0.05, 0) is 45.9 Å². The first-order valence-corrected chi connectivity index (χ1v) is 14.5. The quantitative estimate of drug-likeness (QED) is 0.168. The molecule has 6 rings (SSSR count). The number of aromatic hydroxyl groups is 1. The third kappa shape index (κ3) is 4.86. The number of ketones is 1. The highest BCUT2D eigenvalue weighted by atomic mass is 16.5. The van der Waals surface area contributed by atoms with E-state index in [0.717, 1.165) is 16.2 Å². The molecule has 0 fully saturated rings. The van der Waals surface area contributed by atoms with E-state index in [1.54, 1.807) is 36.4 Å². The Bertz CT molecular complexity index is 1910. The average molecular weight is 574 g/mol. The first kappa shape index (κ1) is 28.6. The van der Waals surface area contributed by atoms with Gasteiger partial charge in [-0.25, -0.2) is 9.78 Å². The lowest BCUT2D eigenvalue weighted by molar-refractivity contribution is 0.0735. The predicted octanol–water partition coefficient (Wildman–Crippen LogP) is 7.92. The Kier molecular flexibility index (Phi) is 6.66. The van der Waals surface area contributed by atoms with Crippen molar-refractivity contribution in [3.63, 3.8) is 0 Å². The van der Waals surface area contributed by atoms with Gasteiger partial charge < -0.3 is 14.9 Å². The zero-order valence-corrected chi connectivity index (χ0v) is 25.2. The standard InChI is InChI=1S/C37H35NO5/c1-36(2,3)25-18-22(19-26(33(25)40)37(4,5)6)35(42)43-28-13-9-11-21-15-17-27(38-31(21)28)30-32(39)24-16-14-20-10-7-8-12-23(20)29(24)34(30)41/h7-19,30,34,40-41H,1-6H3. The number of phenolic OH excluding ortho intramolecular Hbond substituents is 1. The van der Waals surface area contributed by atoms with Crippen LogP contribution in [0, 0.1) is 0 Å². The number of aromatic nitrogens is 1. The van der Waals surface area contributed by atoms with Crippen molar-refractivity contribution in [2.24, 2.45) is 0 Å². The molecule has 2 unspecified atom stereocenters. The van der Waals surface area contributed by atoms with Crippen molar-refractivity contribution in [2.75, 3.05) is 0 Å². The fourth-order valence-electron chi connectivity index (χ4n) is 6.05. The first-order valence-electron chi connectivity index (χ1n) is 14.5. The van der Waals surface area contributed by atoms with Crippen molar-refractivity contribution in [1.29, 1.82) is 0 Å². The molecule has 6 nitrogen and oxygen atoms in total. The van der Waals surface area contributed by atoms with Gasteiger partial charge in [0.25, 0.3) is 0 Å². The van der Waals surface area contributed by atoms with Gasteiger partial charge in [0.1, 0.15) is 11.3 Å². The minimum absolute atomic E-state index is 0.182. The summed E-state index contributed by atoms with van der Waals surface area (Å²) in [5.41, 5.74) is 2.76. The van der Waals surface area contributed by atoms with Crippen LogP contribution in [0.2, 0.25) is 0 Å². The van der Waals surface area contributed by atoms with Crippen LogP contribution >= 0.6 is 0 Å². The number of rotatable bonds is 3. The highest BCUT2D eigenvalue weighted by molar-refractivity contribution is 6.10. The van der Waals surface area contributed by atoms with Gasteiger partial charge in [0, 0.05) is 27.6 Å². The van der Waals surface area contributed by atoms with Gasteiger partial charge in [-0.2, -0.15) is 0 Å². The Morgan fingerprint density at radius 2 is 1.44 bits per heavy atom. The molecule has 6 heteroatoms. The number of carbonyl (C=O) groups excluding carboxylic acids is 2. The largest absolute Gasteiger partial charge is 0.507 e. The van der Waals surface area contributed by atoms with Crippen molar-refractivity contribution in [3.8, 4) is 11.5 Å². The third-order valence-corrected chi connectivity index (χ3v) is 8.32. The highest BCUT2D eigenvalue weighted by Gasteiger charge is 2.41. The van der Waals surface area contributed by atoms with E-state index in [2.05, 4.69) is 0 Å². The Labute approximate surface area is 251 Å². The Morgan fingerprint density at radius 3 is 2.12 bits per heavy atom. The molecule has 2 atom stereocenters. The van der Waals surface area contributed by atoms with E-state index in [9.17, 15) is 19.8 Å².